The molecule has 0 N–H and O–H groups in total. The molecule has 0 amide bonds. The maximum atomic E-state index is 13.6. The van der Waals surface area contributed by atoms with Gasteiger partial charge in [-0.3, -0.25) is 0 Å². The molecule has 1 aliphatic rings. The van der Waals surface area contributed by atoms with Gasteiger partial charge in [0, 0.05) is 5.92 Å². The fourth-order valence-electron chi connectivity index (χ4n) is 1.67. The second-order valence-electron chi connectivity index (χ2n) is 5.61. The maximum Gasteiger partial charge on any atom is 0.165 e. The molecule has 0 spiro atoms. The van der Waals surface area contributed by atoms with Crippen LogP contribution in [-0.4, -0.2) is 19.8 Å². The Morgan fingerprint density at radius 2 is 2.06 bits per heavy atom. The van der Waals surface area contributed by atoms with Crippen LogP contribution in [0.3, 0.4) is 0 Å². The van der Waals surface area contributed by atoms with Crippen molar-refractivity contribution in [2.75, 3.05) is 19.8 Å². The molecule has 0 radical (unpaired) electrons. The van der Waals surface area contributed by atoms with Crippen LogP contribution < -0.4 is 4.74 Å². The fourth-order valence-corrected chi connectivity index (χ4v) is 1.67. The van der Waals surface area contributed by atoms with Gasteiger partial charge in [-0.05, 0) is 23.1 Å². The summed E-state index contributed by atoms with van der Waals surface area (Å²) in [5, 5.41) is 0. The summed E-state index contributed by atoms with van der Waals surface area (Å²) in [6.07, 6.45) is 0. The van der Waals surface area contributed by atoms with Crippen LogP contribution >= 0.6 is 0 Å². The summed E-state index contributed by atoms with van der Waals surface area (Å²) in [5.41, 5.74) is 1.09. The third-order valence-corrected chi connectivity index (χ3v) is 2.98. The Morgan fingerprint density at radius 3 is 2.59 bits per heavy atom. The Kier molecular flexibility index (Phi) is 3.38. The number of halogens is 1. The minimum atomic E-state index is -0.293. The van der Waals surface area contributed by atoms with Gasteiger partial charge in [0.1, 0.15) is 0 Å². The molecule has 0 bridgehead atoms. The zero-order valence-corrected chi connectivity index (χ0v) is 10.6. The molecule has 17 heavy (non-hydrogen) atoms. The van der Waals surface area contributed by atoms with E-state index >= 15 is 0 Å². The van der Waals surface area contributed by atoms with Gasteiger partial charge in [-0.1, -0.05) is 26.8 Å². The number of benzene rings is 1. The van der Waals surface area contributed by atoms with Gasteiger partial charge in [-0.2, -0.15) is 0 Å². The Balaban J connectivity index is 2.08. The summed E-state index contributed by atoms with van der Waals surface area (Å²) in [7, 11) is 0. The highest BCUT2D eigenvalue weighted by Crippen LogP contribution is 2.28. The SMILES string of the molecule is CC(C)(C)c1ccc(F)c(OCC2COC2)c1. The van der Waals surface area contributed by atoms with Crippen LogP contribution in [0.4, 0.5) is 4.39 Å². The van der Waals surface area contributed by atoms with E-state index in [9.17, 15) is 4.39 Å². The van der Waals surface area contributed by atoms with Crippen molar-refractivity contribution < 1.29 is 13.9 Å². The van der Waals surface area contributed by atoms with E-state index in [1.807, 2.05) is 6.07 Å². The first kappa shape index (κ1) is 12.4. The molecule has 1 saturated heterocycles. The lowest BCUT2D eigenvalue weighted by Crippen LogP contribution is -2.32. The van der Waals surface area contributed by atoms with Gasteiger partial charge >= 0.3 is 0 Å². The first-order valence-electron chi connectivity index (χ1n) is 5.97. The minimum Gasteiger partial charge on any atom is -0.490 e. The van der Waals surface area contributed by atoms with Gasteiger partial charge in [0.15, 0.2) is 11.6 Å². The van der Waals surface area contributed by atoms with Crippen molar-refractivity contribution >= 4 is 0 Å². The van der Waals surface area contributed by atoms with Gasteiger partial charge < -0.3 is 9.47 Å². The van der Waals surface area contributed by atoms with E-state index in [0.717, 1.165) is 18.8 Å². The van der Waals surface area contributed by atoms with E-state index in [4.69, 9.17) is 9.47 Å². The Labute approximate surface area is 102 Å². The summed E-state index contributed by atoms with van der Waals surface area (Å²) >= 11 is 0. The second kappa shape index (κ2) is 4.65. The third-order valence-electron chi connectivity index (χ3n) is 2.98. The molecule has 1 fully saturated rings. The quantitative estimate of drug-likeness (QED) is 0.805. The molecule has 0 saturated carbocycles. The van der Waals surface area contributed by atoms with Gasteiger partial charge in [-0.15, -0.1) is 0 Å². The fraction of sp³-hybridized carbons (Fsp3) is 0.571. The molecule has 1 aromatic rings. The van der Waals surface area contributed by atoms with Crippen molar-refractivity contribution in [1.82, 2.24) is 0 Å². The molecule has 1 aliphatic heterocycles. The van der Waals surface area contributed by atoms with E-state index in [-0.39, 0.29) is 11.2 Å². The summed E-state index contributed by atoms with van der Waals surface area (Å²) in [6, 6.07) is 5.09. The van der Waals surface area contributed by atoms with Crippen LogP contribution in [-0.2, 0) is 10.2 Å². The van der Waals surface area contributed by atoms with E-state index in [0.29, 0.717) is 18.3 Å². The summed E-state index contributed by atoms with van der Waals surface area (Å²) in [4.78, 5) is 0. The summed E-state index contributed by atoms with van der Waals surface area (Å²) in [5.74, 6) is 0.468. The second-order valence-corrected chi connectivity index (χ2v) is 5.61. The molecule has 0 aromatic heterocycles. The number of hydrogen-bond donors (Lipinski definition) is 0. The van der Waals surface area contributed by atoms with Crippen LogP contribution in [0.5, 0.6) is 5.75 Å². The summed E-state index contributed by atoms with van der Waals surface area (Å²) < 4.78 is 24.2. The molecule has 1 heterocycles. The lowest BCUT2D eigenvalue weighted by Gasteiger charge is -2.26. The molecule has 0 atom stereocenters. The van der Waals surface area contributed by atoms with Crippen LogP contribution in [0.25, 0.3) is 0 Å². The van der Waals surface area contributed by atoms with Crippen molar-refractivity contribution in [3.8, 4) is 5.75 Å². The van der Waals surface area contributed by atoms with Crippen LogP contribution in [0.15, 0.2) is 18.2 Å². The predicted octanol–water partition coefficient (Wildman–Crippen LogP) is 3.15. The largest absolute Gasteiger partial charge is 0.490 e. The average molecular weight is 238 g/mol. The number of hydrogen-bond acceptors (Lipinski definition) is 2. The molecule has 2 rings (SSSR count). The highest BCUT2D eigenvalue weighted by atomic mass is 19.1. The highest BCUT2D eigenvalue weighted by molar-refractivity contribution is 5.34. The van der Waals surface area contributed by atoms with Crippen molar-refractivity contribution in [2.45, 2.75) is 26.2 Å². The first-order chi connectivity index (χ1) is 7.97. The van der Waals surface area contributed by atoms with E-state index in [1.165, 1.54) is 6.07 Å². The molecule has 3 heteroatoms. The Morgan fingerprint density at radius 1 is 1.35 bits per heavy atom. The van der Waals surface area contributed by atoms with Crippen molar-refractivity contribution in [2.24, 2.45) is 5.92 Å². The van der Waals surface area contributed by atoms with Crippen molar-refractivity contribution in [3.05, 3.63) is 29.6 Å². The number of rotatable bonds is 3. The predicted molar refractivity (Wildman–Crippen MR) is 64.9 cm³/mol. The Hall–Kier alpha value is -1.09. The Bertz CT molecular complexity index is 392. The van der Waals surface area contributed by atoms with E-state index < -0.39 is 0 Å². The standard InChI is InChI=1S/C14H19FO2/c1-14(2,3)11-4-5-12(15)13(6-11)17-9-10-7-16-8-10/h4-6,10H,7-9H2,1-3H3. The van der Waals surface area contributed by atoms with Crippen LogP contribution in [0.2, 0.25) is 0 Å². The maximum absolute atomic E-state index is 13.6. The van der Waals surface area contributed by atoms with Crippen LogP contribution in [0, 0.1) is 11.7 Å². The minimum absolute atomic E-state index is 0.00535. The van der Waals surface area contributed by atoms with Gasteiger partial charge in [0.2, 0.25) is 0 Å². The molecular formula is C14H19FO2. The zero-order chi connectivity index (χ0) is 12.5. The van der Waals surface area contributed by atoms with Gasteiger partial charge in [-0.25, -0.2) is 4.39 Å². The monoisotopic (exact) mass is 238 g/mol. The average Bonchev–Trinajstić information content (AvgIpc) is 2.16. The highest BCUT2D eigenvalue weighted by Gasteiger charge is 2.21. The molecular weight excluding hydrogens is 219 g/mol. The first-order valence-corrected chi connectivity index (χ1v) is 5.97. The van der Waals surface area contributed by atoms with Crippen LogP contribution in [0.1, 0.15) is 26.3 Å². The molecule has 94 valence electrons. The lowest BCUT2D eigenvalue weighted by molar-refractivity contribution is -0.0513. The van der Waals surface area contributed by atoms with Gasteiger partial charge in [0.05, 0.1) is 19.8 Å². The summed E-state index contributed by atoms with van der Waals surface area (Å²) in [6.45, 7) is 8.28. The third kappa shape index (κ3) is 2.97. The molecule has 0 aliphatic carbocycles. The zero-order valence-electron chi connectivity index (χ0n) is 10.6. The van der Waals surface area contributed by atoms with E-state index in [1.54, 1.807) is 6.07 Å². The number of ether oxygens (including phenoxy) is 2. The van der Waals surface area contributed by atoms with Gasteiger partial charge in [0.25, 0.3) is 0 Å². The lowest BCUT2D eigenvalue weighted by atomic mass is 9.87. The smallest absolute Gasteiger partial charge is 0.165 e. The normalized spacial score (nSPS) is 16.7. The van der Waals surface area contributed by atoms with Crippen molar-refractivity contribution in [1.29, 1.82) is 0 Å². The van der Waals surface area contributed by atoms with E-state index in [2.05, 4.69) is 20.8 Å². The van der Waals surface area contributed by atoms with Crippen molar-refractivity contribution in [3.63, 3.8) is 0 Å². The molecule has 0 unspecified atom stereocenters. The molecule has 1 aromatic carbocycles. The topological polar surface area (TPSA) is 18.5 Å². The molecule has 2 nitrogen and oxygen atoms in total.